The lowest BCUT2D eigenvalue weighted by atomic mass is 10.1. The van der Waals surface area contributed by atoms with Crippen molar-refractivity contribution in [3.8, 4) is 0 Å². The zero-order chi connectivity index (χ0) is 52.3. The highest BCUT2D eigenvalue weighted by Crippen LogP contribution is 2.46. The van der Waals surface area contributed by atoms with Gasteiger partial charge in [0, 0.05) is 24.5 Å². The summed E-state index contributed by atoms with van der Waals surface area (Å²) in [7, 11) is 0. The van der Waals surface area contributed by atoms with Gasteiger partial charge in [0.2, 0.25) is 0 Å². The number of carboxylic acids is 1. The van der Waals surface area contributed by atoms with E-state index < -0.39 is 29.7 Å². The number of nitrogens with one attached hydrogen (secondary N) is 3. The molecule has 0 spiro atoms. The average Bonchev–Trinajstić information content (AvgIpc) is 3.98. The minimum absolute atomic E-state index is 0.0307. The second-order valence-corrected chi connectivity index (χ2v) is 20.8. The van der Waals surface area contributed by atoms with Gasteiger partial charge in [-0.05, 0) is 124 Å². The number of amides is 5. The van der Waals surface area contributed by atoms with E-state index in [1.165, 1.54) is 116 Å². The predicted molar refractivity (Wildman–Crippen MR) is 290 cm³/mol. The van der Waals surface area contributed by atoms with Crippen molar-refractivity contribution in [2.24, 2.45) is 0 Å². The maximum atomic E-state index is 13.7. The summed E-state index contributed by atoms with van der Waals surface area (Å²) in [5.74, 6) is -2.22. The average molecular weight is 1090 g/mol. The molecule has 8 heterocycles. The summed E-state index contributed by atoms with van der Waals surface area (Å²) in [6.07, 6.45) is 10.5. The summed E-state index contributed by atoms with van der Waals surface area (Å²) >= 11 is 13.8. The Hall–Kier alpha value is -7.40. The van der Waals surface area contributed by atoms with Gasteiger partial charge < -0.3 is 26.8 Å². The van der Waals surface area contributed by atoms with Crippen LogP contribution in [0, 0.1) is 11.6 Å². The number of piperidine rings is 2. The topological polar surface area (TPSA) is 215 Å². The highest BCUT2D eigenvalue weighted by molar-refractivity contribution is 7.21. The zero-order valence-corrected chi connectivity index (χ0v) is 42.9. The number of rotatable bonds is 9. The van der Waals surface area contributed by atoms with Gasteiger partial charge in [-0.25, -0.2) is 52.9 Å². The van der Waals surface area contributed by atoms with Crippen LogP contribution in [0.1, 0.15) is 69.0 Å². The van der Waals surface area contributed by atoms with Gasteiger partial charge in [-0.2, -0.15) is 0 Å². The minimum atomic E-state index is -1.17. The van der Waals surface area contributed by atoms with E-state index in [1.54, 1.807) is 0 Å². The Bertz CT molecular complexity index is 3480. The number of carbonyl (C=O) groups is 4. The minimum Gasteiger partial charge on any atom is -0.477 e. The number of hydrogen-bond acceptors (Lipinski definition) is 13. The summed E-state index contributed by atoms with van der Waals surface area (Å²) in [4.78, 5) is 75.7. The fourth-order valence-corrected chi connectivity index (χ4v) is 11.5. The van der Waals surface area contributed by atoms with E-state index in [0.29, 0.717) is 53.9 Å². The van der Waals surface area contributed by atoms with Gasteiger partial charge in [0.1, 0.15) is 43.7 Å². The summed E-state index contributed by atoms with van der Waals surface area (Å²) < 4.78 is 27.1. The first-order valence-corrected chi connectivity index (χ1v) is 26.3. The molecular weight excluding hydrogens is 1050 g/mol. The first-order chi connectivity index (χ1) is 36.3. The predicted octanol–water partition coefficient (Wildman–Crippen LogP) is 12.5. The molecule has 0 bridgehead atoms. The Labute approximate surface area is 445 Å². The van der Waals surface area contributed by atoms with Crippen molar-refractivity contribution >= 4 is 136 Å². The van der Waals surface area contributed by atoms with E-state index in [1.807, 2.05) is 36.4 Å². The maximum Gasteiger partial charge on any atom is 0.348 e. The number of halogens is 4. The number of likely N-dealkylation sites (tertiary alicyclic amines) is 2. The number of nitrogens with zero attached hydrogens (tertiary/aromatic N) is 8. The molecule has 4 aliphatic rings. The number of nitrogen functional groups attached to an aromatic ring is 1. The molecule has 0 aliphatic carbocycles. The van der Waals surface area contributed by atoms with Crippen molar-refractivity contribution in [2.75, 3.05) is 57.7 Å². The van der Waals surface area contributed by atoms with Crippen molar-refractivity contribution in [1.82, 2.24) is 29.7 Å². The number of hydrogen-bond donors (Lipinski definition) is 5. The number of aromatic carboxylic acids is 1. The Morgan fingerprint density at radius 1 is 0.627 bits per heavy atom. The standard InChI is InChI=1S/C26H22ClFN6O2S.C14H6ClFN4O3S.C12H18N2/c27-18-12-17(8-9-19(18)28)34-23-20-21(32-26(34)36)22(37-25(20)30-14-29-23)24(35)31-16-6-4-15(5-7-16)13-33-10-2-1-3-11-33;15-6-3-5(1-2-7(6)16)20-11-8-9(19-14(20)23)10(13(21)22)24-12(8)18-4-17-11;13-12-6-4-11(5-7-12)10-14-8-2-1-3-9-14/h4-9,12,14H,1-3,10-11,13H2,(H,31,35)(H,32,36);1-4H,(H,19,23)(H,21,22);4-7H,1-3,8-10,13H2. The fourth-order valence-electron chi connectivity index (χ4n) is 9.23. The van der Waals surface area contributed by atoms with Crippen LogP contribution in [0.25, 0.3) is 20.4 Å². The van der Waals surface area contributed by atoms with Gasteiger partial charge in [0.15, 0.2) is 11.6 Å². The molecule has 4 aromatic heterocycles. The van der Waals surface area contributed by atoms with Crippen LogP contribution < -0.4 is 31.5 Å². The van der Waals surface area contributed by atoms with Crippen LogP contribution in [-0.4, -0.2) is 85.0 Å². The number of benzene rings is 4. The Morgan fingerprint density at radius 2 is 1.07 bits per heavy atom. The lowest BCUT2D eigenvalue weighted by molar-refractivity contribution is 0.0703. The largest absolute Gasteiger partial charge is 0.477 e. The molecule has 75 heavy (non-hydrogen) atoms. The quantitative estimate of drug-likeness (QED) is 0.0854. The summed E-state index contributed by atoms with van der Waals surface area (Å²) in [6.45, 7) is 6.73. The third kappa shape index (κ3) is 11.0. The first-order valence-electron chi connectivity index (χ1n) is 23.9. The molecule has 0 atom stereocenters. The van der Waals surface area contributed by atoms with E-state index in [-0.39, 0.29) is 32.3 Å². The van der Waals surface area contributed by atoms with E-state index >= 15 is 0 Å². The van der Waals surface area contributed by atoms with E-state index in [9.17, 15) is 33.1 Å². The molecule has 12 rings (SSSR count). The number of carbonyl (C=O) groups excluding carboxylic acids is 3. The normalized spacial score (nSPS) is 15.4. The third-order valence-corrected chi connectivity index (χ3v) is 15.6. The molecule has 0 unspecified atom stereocenters. The number of nitrogens with two attached hydrogens (primary N) is 1. The van der Waals surface area contributed by atoms with Crippen LogP contribution in [-0.2, 0) is 13.1 Å². The van der Waals surface area contributed by atoms with Crippen molar-refractivity contribution in [3.63, 3.8) is 0 Å². The number of aromatic nitrogens is 4. The Kier molecular flexibility index (Phi) is 15.1. The maximum absolute atomic E-state index is 13.7. The number of carboxylic acid groups (broad SMARTS) is 1. The van der Waals surface area contributed by atoms with Crippen molar-refractivity contribution in [3.05, 3.63) is 140 Å². The van der Waals surface area contributed by atoms with Crippen molar-refractivity contribution < 1.29 is 33.1 Å². The second kappa shape index (κ2) is 22.2. The molecule has 0 saturated carbocycles. The van der Waals surface area contributed by atoms with Gasteiger partial charge in [0.05, 0.1) is 43.6 Å². The van der Waals surface area contributed by atoms with Crippen LogP contribution in [0.15, 0.2) is 97.6 Å². The molecule has 23 heteroatoms. The number of urea groups is 2. The van der Waals surface area contributed by atoms with E-state index in [0.717, 1.165) is 60.6 Å². The van der Waals surface area contributed by atoms with Crippen molar-refractivity contribution in [1.29, 1.82) is 0 Å². The third-order valence-electron chi connectivity index (χ3n) is 12.9. The summed E-state index contributed by atoms with van der Waals surface area (Å²) in [5, 5.41) is 18.2. The molecule has 4 aliphatic heterocycles. The molecule has 2 fully saturated rings. The van der Waals surface area contributed by atoms with Crippen LogP contribution in [0.3, 0.4) is 0 Å². The van der Waals surface area contributed by atoms with Gasteiger partial charge in [-0.1, -0.05) is 60.3 Å². The SMILES string of the molecule is Nc1ccc(CN2CCCCC2)cc1.O=C(Nc1ccc(CN2CCCCC2)cc1)c1sc2ncnc3c2c1NC(=O)N3c1ccc(F)c(Cl)c1.O=C(O)c1sc2ncnc3c2c1NC(=O)N3c1ccc(F)c(Cl)c1. The Morgan fingerprint density at radius 3 is 1.52 bits per heavy atom. The monoisotopic (exact) mass is 1090 g/mol. The molecule has 384 valence electrons. The zero-order valence-electron chi connectivity index (χ0n) is 39.8. The molecule has 8 aromatic rings. The molecule has 6 N–H and O–H groups in total. The van der Waals surface area contributed by atoms with Gasteiger partial charge in [0.25, 0.3) is 5.91 Å². The highest BCUT2D eigenvalue weighted by Gasteiger charge is 2.36. The molecule has 2 saturated heterocycles. The van der Waals surface area contributed by atoms with Gasteiger partial charge in [-0.3, -0.25) is 14.6 Å². The Balaban J connectivity index is 0.000000144. The number of anilines is 8. The van der Waals surface area contributed by atoms with Gasteiger partial charge >= 0.3 is 18.0 Å². The second-order valence-electron chi connectivity index (χ2n) is 18.0. The van der Waals surface area contributed by atoms with Crippen LogP contribution in [0.5, 0.6) is 0 Å². The van der Waals surface area contributed by atoms with Crippen LogP contribution in [0.2, 0.25) is 10.0 Å². The van der Waals surface area contributed by atoms with Crippen molar-refractivity contribution in [2.45, 2.75) is 51.6 Å². The van der Waals surface area contributed by atoms with Gasteiger partial charge in [-0.15, -0.1) is 22.7 Å². The van der Waals surface area contributed by atoms with Crippen LogP contribution >= 0.6 is 45.9 Å². The van der Waals surface area contributed by atoms with Crippen LogP contribution in [0.4, 0.5) is 64.1 Å². The fraction of sp³-hybridized carbons (Fsp3) is 0.231. The molecule has 0 radical (unpaired) electrons. The van der Waals surface area contributed by atoms with E-state index in [2.05, 4.69) is 57.8 Å². The molecule has 17 nitrogen and oxygen atoms in total. The summed E-state index contributed by atoms with van der Waals surface area (Å²) in [6, 6.07) is 22.7. The van der Waals surface area contributed by atoms with E-state index in [4.69, 9.17) is 28.9 Å². The lowest BCUT2D eigenvalue weighted by Crippen LogP contribution is -2.35. The highest BCUT2D eigenvalue weighted by atomic mass is 35.5. The molecule has 4 aromatic carbocycles. The smallest absolute Gasteiger partial charge is 0.348 e. The molecular formula is C52H46Cl2F2N12O5S2. The first kappa shape index (κ1) is 51.1. The lowest BCUT2D eigenvalue weighted by Gasteiger charge is -2.27. The molecule has 5 amide bonds. The number of thiophene rings is 2. The summed E-state index contributed by atoms with van der Waals surface area (Å²) in [5.41, 5.74) is 10.9.